The highest BCUT2D eigenvalue weighted by Crippen LogP contribution is 2.24. The van der Waals surface area contributed by atoms with Crippen molar-refractivity contribution in [3.05, 3.63) is 59.9 Å². The summed E-state index contributed by atoms with van der Waals surface area (Å²) in [7, 11) is -3.55. The maximum Gasteiger partial charge on any atom is 0.258 e. The molecule has 2 aromatic rings. The van der Waals surface area contributed by atoms with E-state index < -0.39 is 10.0 Å². The van der Waals surface area contributed by atoms with E-state index in [1.54, 1.807) is 36.4 Å². The fourth-order valence-corrected chi connectivity index (χ4v) is 4.59. The first kappa shape index (κ1) is 23.1. The Hall–Kier alpha value is -2.61. The molecular weight excluding hydrogens is 419 g/mol. The zero-order chi connectivity index (χ0) is 22.3. The van der Waals surface area contributed by atoms with Crippen LogP contribution in [-0.4, -0.2) is 33.2 Å². The molecule has 0 unspecified atom stereocenters. The summed E-state index contributed by atoms with van der Waals surface area (Å²) in [5.41, 5.74) is 1.13. The van der Waals surface area contributed by atoms with Crippen molar-refractivity contribution >= 4 is 21.6 Å². The summed E-state index contributed by atoms with van der Waals surface area (Å²) in [6, 6.07) is 12.5. The van der Waals surface area contributed by atoms with Crippen LogP contribution in [0, 0.1) is 5.82 Å². The molecule has 0 atom stereocenters. The molecule has 168 valence electrons. The van der Waals surface area contributed by atoms with Gasteiger partial charge in [0.25, 0.3) is 5.91 Å². The molecule has 0 saturated heterocycles. The van der Waals surface area contributed by atoms with Gasteiger partial charge >= 0.3 is 0 Å². The van der Waals surface area contributed by atoms with E-state index in [1.807, 2.05) is 0 Å². The average Bonchev–Trinajstić information content (AvgIpc) is 3.00. The van der Waals surface area contributed by atoms with Gasteiger partial charge in [-0.3, -0.25) is 9.10 Å². The van der Waals surface area contributed by atoms with Gasteiger partial charge < -0.3 is 10.1 Å². The molecule has 0 bridgehead atoms. The number of halogens is 1. The number of hydrogen-bond donors (Lipinski definition) is 1. The van der Waals surface area contributed by atoms with Gasteiger partial charge in [0.15, 0.2) is 6.61 Å². The lowest BCUT2D eigenvalue weighted by atomic mass is 10.1. The summed E-state index contributed by atoms with van der Waals surface area (Å²) < 4.78 is 44.5. The maximum absolute atomic E-state index is 13.1. The zero-order valence-electron chi connectivity index (χ0n) is 17.7. The van der Waals surface area contributed by atoms with Gasteiger partial charge in [0.05, 0.1) is 18.5 Å². The molecule has 6 nitrogen and oxygen atoms in total. The van der Waals surface area contributed by atoms with Gasteiger partial charge in [-0.25, -0.2) is 12.8 Å². The number of benzene rings is 2. The molecule has 1 amide bonds. The van der Waals surface area contributed by atoms with Crippen LogP contribution in [0.15, 0.2) is 48.5 Å². The Morgan fingerprint density at radius 2 is 1.65 bits per heavy atom. The standard InChI is InChI=1S/C23H29FN2O4S/c1-31(28,29)26(16-18-8-10-19(24)11-9-18)21-12-14-22(15-13-21)30-17-23(27)25-20-6-4-2-3-5-7-20/h8-15,20H,2-7,16-17H2,1H3,(H,25,27). The van der Waals surface area contributed by atoms with E-state index in [-0.39, 0.29) is 30.9 Å². The van der Waals surface area contributed by atoms with Crippen molar-refractivity contribution in [1.82, 2.24) is 5.32 Å². The molecule has 0 heterocycles. The van der Waals surface area contributed by atoms with E-state index in [9.17, 15) is 17.6 Å². The number of anilines is 1. The third kappa shape index (κ3) is 7.24. The number of amides is 1. The number of sulfonamides is 1. The number of carbonyl (C=O) groups is 1. The zero-order valence-corrected chi connectivity index (χ0v) is 18.5. The van der Waals surface area contributed by atoms with Crippen LogP contribution in [0.3, 0.4) is 0 Å². The van der Waals surface area contributed by atoms with E-state index in [0.717, 1.165) is 31.9 Å². The molecule has 0 radical (unpaired) electrons. The second-order valence-electron chi connectivity index (χ2n) is 7.93. The van der Waals surface area contributed by atoms with Gasteiger partial charge in [-0.1, -0.05) is 37.8 Å². The minimum atomic E-state index is -3.55. The van der Waals surface area contributed by atoms with Crippen molar-refractivity contribution in [1.29, 1.82) is 0 Å². The highest BCUT2D eigenvalue weighted by Gasteiger charge is 2.19. The van der Waals surface area contributed by atoms with Gasteiger partial charge in [0.2, 0.25) is 10.0 Å². The van der Waals surface area contributed by atoms with Crippen LogP contribution in [0.2, 0.25) is 0 Å². The molecule has 0 aliphatic heterocycles. The minimum Gasteiger partial charge on any atom is -0.484 e. The molecule has 31 heavy (non-hydrogen) atoms. The van der Waals surface area contributed by atoms with Gasteiger partial charge in [-0.05, 0) is 54.8 Å². The summed E-state index contributed by atoms with van der Waals surface area (Å²) in [5, 5.41) is 3.03. The van der Waals surface area contributed by atoms with E-state index in [1.165, 1.54) is 29.3 Å². The summed E-state index contributed by atoms with van der Waals surface area (Å²) in [6.07, 6.45) is 7.87. The molecule has 2 aromatic carbocycles. The van der Waals surface area contributed by atoms with Crippen molar-refractivity contribution in [2.75, 3.05) is 17.2 Å². The molecule has 8 heteroatoms. The lowest BCUT2D eigenvalue weighted by molar-refractivity contribution is -0.123. The first-order valence-electron chi connectivity index (χ1n) is 10.6. The fourth-order valence-electron chi connectivity index (χ4n) is 3.71. The van der Waals surface area contributed by atoms with E-state index in [4.69, 9.17) is 4.74 Å². The topological polar surface area (TPSA) is 75.7 Å². The van der Waals surface area contributed by atoms with Crippen molar-refractivity contribution < 1.29 is 22.3 Å². The van der Waals surface area contributed by atoms with Crippen LogP contribution in [0.4, 0.5) is 10.1 Å². The molecule has 0 spiro atoms. The number of rotatable bonds is 8. The highest BCUT2D eigenvalue weighted by atomic mass is 32.2. The Morgan fingerprint density at radius 3 is 2.23 bits per heavy atom. The summed E-state index contributed by atoms with van der Waals surface area (Å²) in [6.45, 7) is 0.00429. The van der Waals surface area contributed by atoms with Crippen molar-refractivity contribution in [2.24, 2.45) is 0 Å². The number of hydrogen-bond acceptors (Lipinski definition) is 4. The van der Waals surface area contributed by atoms with Gasteiger partial charge in [0, 0.05) is 6.04 Å². The molecule has 1 aliphatic carbocycles. The van der Waals surface area contributed by atoms with Crippen molar-refractivity contribution in [3.63, 3.8) is 0 Å². The second-order valence-corrected chi connectivity index (χ2v) is 9.84. The summed E-state index contributed by atoms with van der Waals surface area (Å²) >= 11 is 0. The number of nitrogens with zero attached hydrogens (tertiary/aromatic N) is 1. The predicted octanol–water partition coefficient (Wildman–Crippen LogP) is 4.01. The number of ether oxygens (including phenoxy) is 1. The lowest BCUT2D eigenvalue weighted by Gasteiger charge is -2.23. The van der Waals surface area contributed by atoms with Crippen LogP contribution >= 0.6 is 0 Å². The highest BCUT2D eigenvalue weighted by molar-refractivity contribution is 7.92. The van der Waals surface area contributed by atoms with Crippen molar-refractivity contribution in [3.8, 4) is 5.75 Å². The van der Waals surface area contributed by atoms with Gasteiger partial charge in [-0.2, -0.15) is 0 Å². The Kier molecular flexibility index (Phi) is 7.90. The molecular formula is C23H29FN2O4S. The fraction of sp³-hybridized carbons (Fsp3) is 0.435. The molecule has 3 rings (SSSR count). The van der Waals surface area contributed by atoms with Crippen LogP contribution < -0.4 is 14.4 Å². The normalized spacial score (nSPS) is 15.2. The summed E-state index contributed by atoms with van der Waals surface area (Å²) in [5.74, 6) is -0.0423. The summed E-state index contributed by atoms with van der Waals surface area (Å²) in [4.78, 5) is 12.2. The van der Waals surface area contributed by atoms with Crippen LogP contribution in [0.5, 0.6) is 5.75 Å². The Labute approximate surface area is 183 Å². The predicted molar refractivity (Wildman–Crippen MR) is 119 cm³/mol. The van der Waals surface area contributed by atoms with Gasteiger partial charge in [0.1, 0.15) is 11.6 Å². The van der Waals surface area contributed by atoms with E-state index >= 15 is 0 Å². The number of carbonyl (C=O) groups excluding carboxylic acids is 1. The van der Waals surface area contributed by atoms with E-state index in [0.29, 0.717) is 17.0 Å². The monoisotopic (exact) mass is 448 g/mol. The maximum atomic E-state index is 13.1. The first-order chi connectivity index (χ1) is 14.8. The Balaban J connectivity index is 1.59. The molecule has 0 aromatic heterocycles. The molecule has 1 N–H and O–H groups in total. The number of nitrogens with one attached hydrogen (secondary N) is 1. The third-order valence-electron chi connectivity index (χ3n) is 5.35. The minimum absolute atomic E-state index is 0.0821. The Morgan fingerprint density at radius 1 is 1.03 bits per heavy atom. The quantitative estimate of drug-likeness (QED) is 0.619. The second kappa shape index (κ2) is 10.6. The van der Waals surface area contributed by atoms with Crippen LogP contribution in [0.25, 0.3) is 0 Å². The SMILES string of the molecule is CS(=O)(=O)N(Cc1ccc(F)cc1)c1ccc(OCC(=O)NC2CCCCCC2)cc1. The lowest BCUT2D eigenvalue weighted by Crippen LogP contribution is -2.37. The van der Waals surface area contributed by atoms with Crippen LogP contribution in [0.1, 0.15) is 44.1 Å². The van der Waals surface area contributed by atoms with Crippen LogP contribution in [-0.2, 0) is 21.4 Å². The third-order valence-corrected chi connectivity index (χ3v) is 6.50. The molecule has 1 aliphatic rings. The largest absolute Gasteiger partial charge is 0.484 e. The molecule has 1 fully saturated rings. The van der Waals surface area contributed by atoms with E-state index in [2.05, 4.69) is 5.32 Å². The smallest absolute Gasteiger partial charge is 0.258 e. The Bertz CT molecular complexity index is 954. The average molecular weight is 449 g/mol. The first-order valence-corrected chi connectivity index (χ1v) is 12.4. The molecule has 1 saturated carbocycles. The van der Waals surface area contributed by atoms with Crippen molar-refractivity contribution in [2.45, 2.75) is 51.1 Å². The van der Waals surface area contributed by atoms with Gasteiger partial charge in [-0.15, -0.1) is 0 Å².